The lowest BCUT2D eigenvalue weighted by Crippen LogP contribution is -2.45. The van der Waals surface area contributed by atoms with E-state index < -0.39 is 11.9 Å². The highest BCUT2D eigenvalue weighted by Gasteiger charge is 2.32. The van der Waals surface area contributed by atoms with Gasteiger partial charge in [0.15, 0.2) is 0 Å². The number of carbonyl (C=O) groups excluding carboxylic acids is 1. The van der Waals surface area contributed by atoms with E-state index in [1.165, 1.54) is 0 Å². The smallest absolute Gasteiger partial charge is 0.317 e. The van der Waals surface area contributed by atoms with Crippen LogP contribution in [0.1, 0.15) is 33.1 Å². The van der Waals surface area contributed by atoms with Crippen LogP contribution >= 0.6 is 0 Å². The summed E-state index contributed by atoms with van der Waals surface area (Å²) in [5.41, 5.74) is 0. The molecule has 1 aliphatic rings. The molecule has 0 aromatic rings. The number of carbonyl (C=O) groups is 2. The Balaban J connectivity index is 2.43. The Morgan fingerprint density at radius 1 is 1.37 bits per heavy atom. The maximum atomic E-state index is 11.9. The molecule has 0 aromatic carbocycles. The number of nitrogens with zero attached hydrogens (tertiary/aromatic N) is 1. The van der Waals surface area contributed by atoms with Gasteiger partial charge in [0, 0.05) is 19.1 Å². The third-order valence-corrected chi connectivity index (χ3v) is 3.19. The normalized spacial score (nSPS) is 16.2. The summed E-state index contributed by atoms with van der Waals surface area (Å²) in [5, 5.41) is 20.7. The summed E-state index contributed by atoms with van der Waals surface area (Å²) >= 11 is 0. The summed E-state index contributed by atoms with van der Waals surface area (Å²) in [4.78, 5) is 24.6. The predicted molar refractivity (Wildman–Crippen MR) is 70.8 cm³/mol. The van der Waals surface area contributed by atoms with Gasteiger partial charge < -0.3 is 20.4 Å². The second kappa shape index (κ2) is 7.33. The van der Waals surface area contributed by atoms with Crippen molar-refractivity contribution >= 4 is 12.0 Å². The Morgan fingerprint density at radius 2 is 2.00 bits per heavy atom. The standard InChI is InChI=1S/C13H24N2O4/c1-9(2)7-10(12(17)18)8-14-13(19)15(5-6-16)11-3-4-11/h9-11,16H,3-8H2,1-2H3,(H,14,19)(H,17,18). The van der Waals surface area contributed by atoms with Crippen molar-refractivity contribution in [3.8, 4) is 0 Å². The minimum absolute atomic E-state index is 0.0712. The van der Waals surface area contributed by atoms with Crippen LogP contribution in [-0.2, 0) is 4.79 Å². The van der Waals surface area contributed by atoms with Crippen LogP contribution in [0.5, 0.6) is 0 Å². The zero-order chi connectivity index (χ0) is 14.4. The fraction of sp³-hybridized carbons (Fsp3) is 0.846. The van der Waals surface area contributed by atoms with Crippen molar-refractivity contribution in [2.45, 2.75) is 39.2 Å². The largest absolute Gasteiger partial charge is 0.481 e. The zero-order valence-electron chi connectivity index (χ0n) is 11.6. The molecule has 3 N–H and O–H groups in total. The molecule has 1 saturated carbocycles. The number of nitrogens with one attached hydrogen (secondary N) is 1. The molecule has 2 amide bonds. The molecule has 1 aliphatic carbocycles. The fourth-order valence-electron chi connectivity index (χ4n) is 2.10. The molecule has 110 valence electrons. The maximum Gasteiger partial charge on any atom is 0.317 e. The van der Waals surface area contributed by atoms with Crippen molar-refractivity contribution in [2.75, 3.05) is 19.7 Å². The first-order valence-corrected chi connectivity index (χ1v) is 6.83. The highest BCUT2D eigenvalue weighted by molar-refractivity contribution is 5.76. The van der Waals surface area contributed by atoms with Crippen molar-refractivity contribution < 1.29 is 19.8 Å². The third-order valence-electron chi connectivity index (χ3n) is 3.19. The van der Waals surface area contributed by atoms with Crippen LogP contribution in [0.25, 0.3) is 0 Å². The topological polar surface area (TPSA) is 89.9 Å². The number of aliphatic hydroxyl groups excluding tert-OH is 1. The molecular formula is C13H24N2O4. The number of carboxylic acids is 1. The van der Waals surface area contributed by atoms with Crippen LogP contribution in [0.2, 0.25) is 0 Å². The first-order valence-electron chi connectivity index (χ1n) is 6.83. The van der Waals surface area contributed by atoms with Crippen molar-refractivity contribution in [3.05, 3.63) is 0 Å². The van der Waals surface area contributed by atoms with Crippen LogP contribution < -0.4 is 5.32 Å². The predicted octanol–water partition coefficient (Wildman–Crippen LogP) is 0.900. The van der Waals surface area contributed by atoms with Gasteiger partial charge in [0.1, 0.15) is 0 Å². The quantitative estimate of drug-likeness (QED) is 0.612. The van der Waals surface area contributed by atoms with E-state index in [0.29, 0.717) is 13.0 Å². The van der Waals surface area contributed by atoms with Crippen molar-refractivity contribution in [2.24, 2.45) is 11.8 Å². The second-order valence-electron chi connectivity index (χ2n) is 5.50. The summed E-state index contributed by atoms with van der Waals surface area (Å²) in [6.45, 7) is 4.29. The molecule has 1 fully saturated rings. The van der Waals surface area contributed by atoms with E-state index in [1.54, 1.807) is 4.90 Å². The number of amides is 2. The molecule has 0 radical (unpaired) electrons. The van der Waals surface area contributed by atoms with E-state index in [4.69, 9.17) is 10.2 Å². The molecule has 6 nitrogen and oxygen atoms in total. The monoisotopic (exact) mass is 272 g/mol. The summed E-state index contributed by atoms with van der Waals surface area (Å²) in [7, 11) is 0. The highest BCUT2D eigenvalue weighted by atomic mass is 16.4. The SMILES string of the molecule is CC(C)CC(CNC(=O)N(CCO)C1CC1)C(=O)O. The van der Waals surface area contributed by atoms with Crippen molar-refractivity contribution in [3.63, 3.8) is 0 Å². The van der Waals surface area contributed by atoms with Gasteiger partial charge in [0.25, 0.3) is 0 Å². The van der Waals surface area contributed by atoms with Gasteiger partial charge >= 0.3 is 12.0 Å². The minimum Gasteiger partial charge on any atom is -0.481 e. The van der Waals surface area contributed by atoms with Crippen molar-refractivity contribution in [1.82, 2.24) is 10.2 Å². The van der Waals surface area contributed by atoms with Crippen LogP contribution in [0.15, 0.2) is 0 Å². The Labute approximate surface area is 113 Å². The van der Waals surface area contributed by atoms with Crippen molar-refractivity contribution in [1.29, 1.82) is 0 Å². The van der Waals surface area contributed by atoms with Crippen LogP contribution in [0.4, 0.5) is 4.79 Å². The first-order chi connectivity index (χ1) is 8.95. The number of hydrogen-bond donors (Lipinski definition) is 3. The third kappa shape index (κ3) is 5.46. The molecule has 0 heterocycles. The van der Waals surface area contributed by atoms with Gasteiger partial charge in [-0.2, -0.15) is 0 Å². The number of aliphatic carboxylic acids is 1. The van der Waals surface area contributed by atoms with Gasteiger partial charge in [-0.3, -0.25) is 4.79 Å². The van der Waals surface area contributed by atoms with Crippen LogP contribution in [0, 0.1) is 11.8 Å². The van der Waals surface area contributed by atoms with E-state index in [-0.39, 0.29) is 31.1 Å². The molecule has 0 spiro atoms. The number of aliphatic hydroxyl groups is 1. The number of carboxylic acid groups (broad SMARTS) is 1. The van der Waals surface area contributed by atoms with Gasteiger partial charge in [0.05, 0.1) is 12.5 Å². The van der Waals surface area contributed by atoms with E-state index in [2.05, 4.69) is 5.32 Å². The molecule has 0 aliphatic heterocycles. The molecule has 6 heteroatoms. The summed E-state index contributed by atoms with van der Waals surface area (Å²) in [5.74, 6) is -1.16. The number of urea groups is 1. The molecular weight excluding hydrogens is 248 g/mol. The molecule has 1 unspecified atom stereocenters. The van der Waals surface area contributed by atoms with E-state index in [1.807, 2.05) is 13.8 Å². The molecule has 0 saturated heterocycles. The lowest BCUT2D eigenvalue weighted by molar-refractivity contribution is -0.142. The average molecular weight is 272 g/mol. The summed E-state index contributed by atoms with van der Waals surface area (Å²) in [6.07, 6.45) is 2.46. The van der Waals surface area contributed by atoms with Crippen LogP contribution in [0.3, 0.4) is 0 Å². The molecule has 0 bridgehead atoms. The van der Waals surface area contributed by atoms with Gasteiger partial charge in [-0.1, -0.05) is 13.8 Å². The lowest BCUT2D eigenvalue weighted by Gasteiger charge is -2.23. The van der Waals surface area contributed by atoms with E-state index >= 15 is 0 Å². The number of rotatable bonds is 8. The molecule has 0 aromatic heterocycles. The Morgan fingerprint density at radius 3 is 2.42 bits per heavy atom. The van der Waals surface area contributed by atoms with Gasteiger partial charge in [-0.05, 0) is 25.2 Å². The molecule has 1 atom stereocenters. The van der Waals surface area contributed by atoms with Gasteiger partial charge in [0.2, 0.25) is 0 Å². The Hall–Kier alpha value is -1.30. The Bertz CT molecular complexity index is 316. The summed E-state index contributed by atoms with van der Waals surface area (Å²) in [6, 6.07) is -0.0629. The Kier molecular flexibility index (Phi) is 6.08. The second-order valence-corrected chi connectivity index (χ2v) is 5.50. The fourth-order valence-corrected chi connectivity index (χ4v) is 2.10. The van der Waals surface area contributed by atoms with Gasteiger partial charge in [-0.25, -0.2) is 4.79 Å². The highest BCUT2D eigenvalue weighted by Crippen LogP contribution is 2.26. The molecule has 19 heavy (non-hydrogen) atoms. The van der Waals surface area contributed by atoms with E-state index in [0.717, 1.165) is 12.8 Å². The van der Waals surface area contributed by atoms with E-state index in [9.17, 15) is 9.59 Å². The number of hydrogen-bond acceptors (Lipinski definition) is 3. The lowest BCUT2D eigenvalue weighted by atomic mass is 9.97. The average Bonchev–Trinajstić information content (AvgIpc) is 3.14. The zero-order valence-corrected chi connectivity index (χ0v) is 11.6. The molecule has 1 rings (SSSR count). The minimum atomic E-state index is -0.880. The van der Waals surface area contributed by atoms with Crippen LogP contribution in [-0.4, -0.2) is 52.9 Å². The maximum absolute atomic E-state index is 11.9. The first kappa shape index (κ1) is 15.8. The van der Waals surface area contributed by atoms with Gasteiger partial charge in [-0.15, -0.1) is 0 Å². The summed E-state index contributed by atoms with van der Waals surface area (Å²) < 4.78 is 0.